The third-order valence-corrected chi connectivity index (χ3v) is 4.61. The van der Waals surface area contributed by atoms with Crippen LogP contribution in [0.5, 0.6) is 0 Å². The molecule has 0 aromatic heterocycles. The molecule has 0 fully saturated rings. The molecule has 0 aliphatic rings. The Labute approximate surface area is 107 Å². The van der Waals surface area contributed by atoms with E-state index in [2.05, 4.69) is 0 Å². The van der Waals surface area contributed by atoms with E-state index in [0.717, 1.165) is 0 Å². The summed E-state index contributed by atoms with van der Waals surface area (Å²) in [6.45, 7) is 1.79. The van der Waals surface area contributed by atoms with Crippen molar-refractivity contribution in [2.24, 2.45) is 0 Å². The van der Waals surface area contributed by atoms with Crippen LogP contribution in [0.2, 0.25) is 0 Å². The summed E-state index contributed by atoms with van der Waals surface area (Å²) in [5.41, 5.74) is 0.844. The zero-order chi connectivity index (χ0) is 11.6. The van der Waals surface area contributed by atoms with Crippen LogP contribution in [0.15, 0.2) is 17.0 Å². The van der Waals surface area contributed by atoms with Gasteiger partial charge in [-0.3, -0.25) is 0 Å². The Morgan fingerprint density at radius 2 is 2.13 bits per heavy atom. The van der Waals surface area contributed by atoms with Gasteiger partial charge in [0.05, 0.1) is 11.6 Å². The lowest BCUT2D eigenvalue weighted by Crippen LogP contribution is -2.03. The summed E-state index contributed by atoms with van der Waals surface area (Å²) >= 11 is 1.89. The van der Waals surface area contributed by atoms with E-state index in [1.54, 1.807) is 19.1 Å². The normalized spacial score (nSPS) is 11.1. The minimum absolute atomic E-state index is 0.0614. The molecule has 0 aliphatic carbocycles. The molecule has 15 heavy (non-hydrogen) atoms. The summed E-state index contributed by atoms with van der Waals surface area (Å²) in [5, 5.41) is 8.84. The first-order chi connectivity index (χ1) is 6.91. The molecule has 80 valence electrons. The molecule has 0 saturated carbocycles. The highest BCUT2D eigenvalue weighted by atomic mass is 127. The summed E-state index contributed by atoms with van der Waals surface area (Å²) < 4.78 is 23.2. The van der Waals surface area contributed by atoms with E-state index in [1.165, 1.54) is 0 Å². The van der Waals surface area contributed by atoms with E-state index >= 15 is 0 Å². The second-order valence-corrected chi connectivity index (χ2v) is 6.47. The predicted molar refractivity (Wildman–Crippen MR) is 66.3 cm³/mol. The van der Waals surface area contributed by atoms with Gasteiger partial charge in [0.1, 0.15) is 4.90 Å². The van der Waals surface area contributed by atoms with E-state index in [-0.39, 0.29) is 4.90 Å². The highest BCUT2D eigenvalue weighted by Gasteiger charge is 2.21. The van der Waals surface area contributed by atoms with Crippen molar-refractivity contribution in [2.75, 3.05) is 0 Å². The van der Waals surface area contributed by atoms with Crippen LogP contribution in [0.4, 0.5) is 0 Å². The second kappa shape index (κ2) is 4.68. The molecule has 1 aromatic carbocycles. The van der Waals surface area contributed by atoms with Gasteiger partial charge in [0.2, 0.25) is 0 Å². The Balaban J connectivity index is 3.71. The number of benzene rings is 1. The van der Waals surface area contributed by atoms with Crippen LogP contribution >= 0.6 is 33.3 Å². The van der Waals surface area contributed by atoms with Crippen molar-refractivity contribution in [2.45, 2.75) is 18.2 Å². The van der Waals surface area contributed by atoms with Crippen LogP contribution in [0.3, 0.4) is 0 Å². The zero-order valence-corrected chi connectivity index (χ0v) is 11.5. The minimum atomic E-state index is -3.80. The fraction of sp³-hybridized carbons (Fsp3) is 0.222. The molecular weight excluding hydrogens is 349 g/mol. The van der Waals surface area contributed by atoms with Crippen molar-refractivity contribution >= 4 is 42.3 Å². The number of hydrogen-bond acceptors (Lipinski definition) is 3. The van der Waals surface area contributed by atoms with Crippen LogP contribution in [0.1, 0.15) is 18.1 Å². The number of hydrogen-bond donors (Lipinski definition) is 0. The molecule has 3 nitrogen and oxygen atoms in total. The molecule has 0 amide bonds. The maximum Gasteiger partial charge on any atom is 0.262 e. The molecule has 6 heteroatoms. The van der Waals surface area contributed by atoms with Crippen LogP contribution in [-0.2, 0) is 15.5 Å². The summed E-state index contributed by atoms with van der Waals surface area (Å²) in [4.78, 5) is 0.0614. The Morgan fingerprint density at radius 3 is 2.53 bits per heavy atom. The number of halogens is 2. The van der Waals surface area contributed by atoms with Crippen LogP contribution in [0, 0.1) is 14.9 Å². The Morgan fingerprint density at radius 1 is 1.53 bits per heavy atom. The lowest BCUT2D eigenvalue weighted by Gasteiger charge is -2.08. The molecule has 0 bridgehead atoms. The maximum atomic E-state index is 11.4. The van der Waals surface area contributed by atoms with E-state index in [1.807, 2.05) is 28.7 Å². The lowest BCUT2D eigenvalue weighted by molar-refractivity contribution is 0.608. The maximum absolute atomic E-state index is 11.4. The van der Waals surface area contributed by atoms with Crippen molar-refractivity contribution in [3.63, 3.8) is 0 Å². The summed E-state index contributed by atoms with van der Waals surface area (Å²) in [7, 11) is 1.54. The van der Waals surface area contributed by atoms with Crippen LogP contribution in [0.25, 0.3) is 0 Å². The first-order valence-corrected chi connectivity index (χ1v) is 7.46. The molecule has 1 aromatic rings. The van der Waals surface area contributed by atoms with Gasteiger partial charge in [0, 0.05) is 14.3 Å². The van der Waals surface area contributed by atoms with E-state index in [0.29, 0.717) is 21.1 Å². The summed E-state index contributed by atoms with van der Waals surface area (Å²) in [6.07, 6.45) is 0.459. The summed E-state index contributed by atoms with van der Waals surface area (Å²) in [6, 6.07) is 5.14. The highest BCUT2D eigenvalue weighted by Crippen LogP contribution is 2.28. The topological polar surface area (TPSA) is 57.9 Å². The largest absolute Gasteiger partial charge is 0.262 e. The first kappa shape index (κ1) is 12.7. The summed E-state index contributed by atoms with van der Waals surface area (Å²) in [5.74, 6) is 0. The van der Waals surface area contributed by atoms with Crippen LogP contribution < -0.4 is 0 Å². The average molecular weight is 356 g/mol. The average Bonchev–Trinajstić information content (AvgIpc) is 2.15. The van der Waals surface area contributed by atoms with Gasteiger partial charge in [0.25, 0.3) is 9.05 Å². The molecule has 0 radical (unpaired) electrons. The molecular formula is C9H7ClINO2S. The van der Waals surface area contributed by atoms with Crippen molar-refractivity contribution in [3.8, 4) is 6.07 Å². The van der Waals surface area contributed by atoms with Gasteiger partial charge in [-0.1, -0.05) is 6.92 Å². The highest BCUT2D eigenvalue weighted by molar-refractivity contribution is 14.1. The second-order valence-electron chi connectivity index (χ2n) is 2.81. The van der Waals surface area contributed by atoms with Gasteiger partial charge < -0.3 is 0 Å². The number of rotatable bonds is 2. The number of nitriles is 1. The van der Waals surface area contributed by atoms with Gasteiger partial charge in [-0.05, 0) is 46.7 Å². The molecule has 0 saturated heterocycles. The standard InChI is InChI=1S/C9H7ClINO2S/c1-2-7-6(5-12)3-4-8(11)9(7)15(10,13)14/h3-4H,2H2,1H3. The van der Waals surface area contributed by atoms with Gasteiger partial charge in [-0.25, -0.2) is 8.42 Å². The smallest absolute Gasteiger partial charge is 0.207 e. The van der Waals surface area contributed by atoms with Crippen molar-refractivity contribution < 1.29 is 8.42 Å². The van der Waals surface area contributed by atoms with Gasteiger partial charge in [-0.2, -0.15) is 5.26 Å². The van der Waals surface area contributed by atoms with Gasteiger partial charge >= 0.3 is 0 Å². The quantitative estimate of drug-likeness (QED) is 0.605. The molecule has 0 spiro atoms. The molecule has 0 heterocycles. The predicted octanol–water partition coefficient (Wildman–Crippen LogP) is 2.65. The van der Waals surface area contributed by atoms with Gasteiger partial charge in [0.15, 0.2) is 0 Å². The van der Waals surface area contributed by atoms with E-state index in [4.69, 9.17) is 15.9 Å². The lowest BCUT2D eigenvalue weighted by atomic mass is 10.1. The van der Waals surface area contributed by atoms with Gasteiger partial charge in [-0.15, -0.1) is 0 Å². The zero-order valence-electron chi connectivity index (χ0n) is 7.79. The van der Waals surface area contributed by atoms with Crippen molar-refractivity contribution in [1.29, 1.82) is 5.26 Å². The van der Waals surface area contributed by atoms with Crippen molar-refractivity contribution in [3.05, 3.63) is 26.8 Å². The third kappa shape index (κ3) is 2.62. The Hall–Kier alpha value is -0.320. The fourth-order valence-electron chi connectivity index (χ4n) is 1.32. The van der Waals surface area contributed by atoms with E-state index < -0.39 is 9.05 Å². The molecule has 0 atom stereocenters. The van der Waals surface area contributed by atoms with Crippen LogP contribution in [-0.4, -0.2) is 8.42 Å². The molecule has 0 N–H and O–H groups in total. The monoisotopic (exact) mass is 355 g/mol. The molecule has 0 aliphatic heterocycles. The Bertz CT molecular complexity index is 534. The van der Waals surface area contributed by atoms with Crippen molar-refractivity contribution in [1.82, 2.24) is 0 Å². The SMILES string of the molecule is CCc1c(C#N)ccc(I)c1S(=O)(=O)Cl. The fourth-order valence-corrected chi connectivity index (χ4v) is 4.46. The number of nitrogens with zero attached hydrogens (tertiary/aromatic N) is 1. The Kier molecular flexibility index (Phi) is 3.98. The minimum Gasteiger partial charge on any atom is -0.207 e. The molecule has 0 unspecified atom stereocenters. The van der Waals surface area contributed by atoms with E-state index in [9.17, 15) is 8.42 Å². The third-order valence-electron chi connectivity index (χ3n) is 1.93. The molecule has 1 rings (SSSR count). The first-order valence-electron chi connectivity index (χ1n) is 4.08.